The first-order valence-electron chi connectivity index (χ1n) is 6.09. The van der Waals surface area contributed by atoms with Gasteiger partial charge in [-0.1, -0.05) is 44.2 Å². The van der Waals surface area contributed by atoms with Crippen LogP contribution in [-0.4, -0.2) is 30.5 Å². The monoisotopic (exact) mass is 235 g/mol. The molecule has 0 saturated carbocycles. The van der Waals surface area contributed by atoms with E-state index < -0.39 is 0 Å². The molecule has 0 bridgehead atoms. The maximum atomic E-state index is 11.9. The number of hydrogen-bond acceptors (Lipinski definition) is 3. The highest BCUT2D eigenvalue weighted by atomic mass is 16.5. The van der Waals surface area contributed by atoms with Gasteiger partial charge in [0, 0.05) is 0 Å². The number of ether oxygens (including phenoxy) is 1. The molecule has 17 heavy (non-hydrogen) atoms. The van der Waals surface area contributed by atoms with Crippen LogP contribution in [0.4, 0.5) is 0 Å². The van der Waals surface area contributed by atoms with E-state index in [1.54, 1.807) is 0 Å². The maximum absolute atomic E-state index is 11.9. The van der Waals surface area contributed by atoms with Crippen molar-refractivity contribution < 1.29 is 9.53 Å². The first-order valence-corrected chi connectivity index (χ1v) is 6.09. The zero-order valence-electron chi connectivity index (χ0n) is 10.8. The Balaban J connectivity index is 2.48. The SMILES string of the molecule is CCC(C(=O)OCc1ccccc1)N(C)CC. The lowest BCUT2D eigenvalue weighted by Gasteiger charge is -2.23. The first kappa shape index (κ1) is 13.7. The largest absolute Gasteiger partial charge is 0.460 e. The van der Waals surface area contributed by atoms with Crippen molar-refractivity contribution in [3.63, 3.8) is 0 Å². The van der Waals surface area contributed by atoms with E-state index in [1.807, 2.05) is 56.1 Å². The molecule has 3 nitrogen and oxygen atoms in total. The fraction of sp³-hybridized carbons (Fsp3) is 0.500. The van der Waals surface area contributed by atoms with Crippen LogP contribution in [0, 0.1) is 0 Å². The van der Waals surface area contributed by atoms with E-state index in [2.05, 4.69) is 0 Å². The van der Waals surface area contributed by atoms with E-state index in [0.29, 0.717) is 6.61 Å². The van der Waals surface area contributed by atoms with Gasteiger partial charge in [0.05, 0.1) is 0 Å². The third-order valence-electron chi connectivity index (χ3n) is 2.91. The summed E-state index contributed by atoms with van der Waals surface area (Å²) in [4.78, 5) is 13.9. The van der Waals surface area contributed by atoms with Crippen LogP contribution in [0.25, 0.3) is 0 Å². The highest BCUT2D eigenvalue weighted by Crippen LogP contribution is 2.07. The second kappa shape index (κ2) is 7.07. The Morgan fingerprint density at radius 1 is 1.29 bits per heavy atom. The highest BCUT2D eigenvalue weighted by molar-refractivity contribution is 5.75. The molecule has 0 aromatic heterocycles. The summed E-state index contributed by atoms with van der Waals surface area (Å²) in [7, 11) is 1.94. The van der Waals surface area contributed by atoms with Crippen molar-refractivity contribution >= 4 is 5.97 Å². The van der Waals surface area contributed by atoms with E-state index >= 15 is 0 Å². The summed E-state index contributed by atoms with van der Waals surface area (Å²) in [6.07, 6.45) is 0.776. The van der Waals surface area contributed by atoms with Gasteiger partial charge in [0.15, 0.2) is 0 Å². The van der Waals surface area contributed by atoms with Gasteiger partial charge in [-0.3, -0.25) is 9.69 Å². The number of carbonyl (C=O) groups is 1. The molecule has 1 rings (SSSR count). The van der Waals surface area contributed by atoms with Gasteiger partial charge >= 0.3 is 5.97 Å². The molecule has 0 radical (unpaired) electrons. The molecule has 0 saturated heterocycles. The number of nitrogens with zero attached hydrogens (tertiary/aromatic N) is 1. The van der Waals surface area contributed by atoms with E-state index in [9.17, 15) is 4.79 Å². The Hall–Kier alpha value is -1.35. The van der Waals surface area contributed by atoms with Crippen LogP contribution in [0.2, 0.25) is 0 Å². The van der Waals surface area contributed by atoms with Crippen LogP contribution in [0.1, 0.15) is 25.8 Å². The van der Waals surface area contributed by atoms with Crippen LogP contribution < -0.4 is 0 Å². The van der Waals surface area contributed by atoms with Gasteiger partial charge in [-0.2, -0.15) is 0 Å². The minimum atomic E-state index is -0.138. The maximum Gasteiger partial charge on any atom is 0.323 e. The topological polar surface area (TPSA) is 29.5 Å². The van der Waals surface area contributed by atoms with Gasteiger partial charge in [-0.15, -0.1) is 0 Å². The third-order valence-corrected chi connectivity index (χ3v) is 2.91. The molecule has 3 heteroatoms. The van der Waals surface area contributed by atoms with E-state index in [-0.39, 0.29) is 12.0 Å². The van der Waals surface area contributed by atoms with Crippen molar-refractivity contribution in [1.82, 2.24) is 4.90 Å². The minimum Gasteiger partial charge on any atom is -0.460 e. The molecule has 1 aromatic rings. The standard InChI is InChI=1S/C14H21NO2/c1-4-13(15(3)5-2)14(16)17-11-12-9-7-6-8-10-12/h6-10,13H,4-5,11H2,1-3H3. The van der Waals surface area contributed by atoms with Gasteiger partial charge in [-0.05, 0) is 25.6 Å². The predicted molar refractivity (Wildman–Crippen MR) is 68.6 cm³/mol. The predicted octanol–water partition coefficient (Wildman–Crippen LogP) is 2.46. The van der Waals surface area contributed by atoms with Crippen molar-refractivity contribution in [3.8, 4) is 0 Å². The number of likely N-dealkylation sites (N-methyl/N-ethyl adjacent to an activating group) is 1. The number of esters is 1. The molecule has 94 valence electrons. The van der Waals surface area contributed by atoms with Crippen LogP contribution in [0.5, 0.6) is 0 Å². The molecule has 0 fully saturated rings. The normalized spacial score (nSPS) is 12.5. The number of rotatable bonds is 6. The molecule has 0 N–H and O–H groups in total. The number of benzene rings is 1. The smallest absolute Gasteiger partial charge is 0.323 e. The number of carbonyl (C=O) groups excluding carboxylic acids is 1. The molecule has 1 atom stereocenters. The fourth-order valence-electron chi connectivity index (χ4n) is 1.70. The van der Waals surface area contributed by atoms with Gasteiger partial charge in [0.2, 0.25) is 0 Å². The quantitative estimate of drug-likeness (QED) is 0.709. The first-order chi connectivity index (χ1) is 8.19. The lowest BCUT2D eigenvalue weighted by Crippen LogP contribution is -2.38. The van der Waals surface area contributed by atoms with E-state index in [0.717, 1.165) is 18.5 Å². The summed E-state index contributed by atoms with van der Waals surface area (Å²) in [5.74, 6) is -0.138. The summed E-state index contributed by atoms with van der Waals surface area (Å²) in [5.41, 5.74) is 1.02. The number of hydrogen-bond donors (Lipinski definition) is 0. The molecule has 0 aliphatic carbocycles. The van der Waals surface area contributed by atoms with Crippen LogP contribution >= 0.6 is 0 Å². The molecular weight excluding hydrogens is 214 g/mol. The lowest BCUT2D eigenvalue weighted by atomic mass is 10.2. The van der Waals surface area contributed by atoms with Crippen LogP contribution in [0.15, 0.2) is 30.3 Å². The van der Waals surface area contributed by atoms with Crippen LogP contribution in [0.3, 0.4) is 0 Å². The molecule has 0 amide bonds. The summed E-state index contributed by atoms with van der Waals surface area (Å²) in [6.45, 7) is 5.24. The summed E-state index contributed by atoms with van der Waals surface area (Å²) in [6, 6.07) is 9.61. The average Bonchev–Trinajstić information content (AvgIpc) is 2.38. The molecular formula is C14H21NO2. The zero-order valence-corrected chi connectivity index (χ0v) is 10.8. The average molecular weight is 235 g/mol. The van der Waals surface area contributed by atoms with Gasteiger partial charge in [0.25, 0.3) is 0 Å². The second-order valence-corrected chi connectivity index (χ2v) is 4.09. The Morgan fingerprint density at radius 3 is 2.47 bits per heavy atom. The van der Waals surface area contributed by atoms with Crippen molar-refractivity contribution in [2.24, 2.45) is 0 Å². The van der Waals surface area contributed by atoms with Crippen LogP contribution in [-0.2, 0) is 16.1 Å². The van der Waals surface area contributed by atoms with Crippen molar-refractivity contribution in [2.75, 3.05) is 13.6 Å². The van der Waals surface area contributed by atoms with Crippen molar-refractivity contribution in [2.45, 2.75) is 32.9 Å². The second-order valence-electron chi connectivity index (χ2n) is 4.09. The van der Waals surface area contributed by atoms with Gasteiger partial charge < -0.3 is 4.74 Å². The molecule has 0 aliphatic heterocycles. The van der Waals surface area contributed by atoms with E-state index in [1.165, 1.54) is 0 Å². The Kier molecular flexibility index (Phi) is 5.70. The summed E-state index contributed by atoms with van der Waals surface area (Å²) >= 11 is 0. The van der Waals surface area contributed by atoms with Gasteiger partial charge in [0.1, 0.15) is 12.6 Å². The van der Waals surface area contributed by atoms with Crippen molar-refractivity contribution in [3.05, 3.63) is 35.9 Å². The zero-order chi connectivity index (χ0) is 12.7. The van der Waals surface area contributed by atoms with Crippen molar-refractivity contribution in [1.29, 1.82) is 0 Å². The third kappa shape index (κ3) is 4.19. The minimum absolute atomic E-state index is 0.135. The highest BCUT2D eigenvalue weighted by Gasteiger charge is 2.21. The molecule has 1 aromatic carbocycles. The lowest BCUT2D eigenvalue weighted by molar-refractivity contribution is -0.151. The molecule has 0 heterocycles. The fourth-order valence-corrected chi connectivity index (χ4v) is 1.70. The van der Waals surface area contributed by atoms with Gasteiger partial charge in [-0.25, -0.2) is 0 Å². The summed E-state index contributed by atoms with van der Waals surface area (Å²) < 4.78 is 5.32. The summed E-state index contributed by atoms with van der Waals surface area (Å²) in [5, 5.41) is 0. The molecule has 0 spiro atoms. The van der Waals surface area contributed by atoms with E-state index in [4.69, 9.17) is 4.74 Å². The molecule has 1 unspecified atom stereocenters. The Labute approximate surface area is 103 Å². The molecule has 0 aliphatic rings. The Bertz CT molecular complexity index is 337. The Morgan fingerprint density at radius 2 is 1.94 bits per heavy atom.